The molecule has 2 rings (SSSR count). The summed E-state index contributed by atoms with van der Waals surface area (Å²) in [6.45, 7) is 0. The SMILES string of the molecule is O=C(O)C1(c2cc(F)cc(C(F)(F)F)c2)CCCCC1. The number of rotatable bonds is 2. The van der Waals surface area contributed by atoms with Crippen molar-refractivity contribution in [2.45, 2.75) is 43.7 Å². The fraction of sp³-hybridized carbons (Fsp3) is 0.500. The topological polar surface area (TPSA) is 37.3 Å². The van der Waals surface area contributed by atoms with Crippen LogP contribution < -0.4 is 0 Å². The first-order valence-electron chi connectivity index (χ1n) is 6.37. The van der Waals surface area contributed by atoms with Crippen molar-refractivity contribution in [3.05, 3.63) is 35.1 Å². The number of carboxylic acid groups (broad SMARTS) is 1. The van der Waals surface area contributed by atoms with Gasteiger partial charge in [-0.3, -0.25) is 4.79 Å². The molecule has 6 heteroatoms. The molecule has 0 aliphatic heterocycles. The fourth-order valence-electron chi connectivity index (χ4n) is 2.81. The zero-order valence-corrected chi connectivity index (χ0v) is 10.6. The number of carboxylic acids is 1. The summed E-state index contributed by atoms with van der Waals surface area (Å²) in [5, 5.41) is 9.42. The van der Waals surface area contributed by atoms with Gasteiger partial charge in [-0.05, 0) is 36.6 Å². The normalized spacial score (nSPS) is 18.8. The maximum atomic E-state index is 13.5. The molecule has 1 N–H and O–H groups in total. The van der Waals surface area contributed by atoms with Crippen LogP contribution in [0.25, 0.3) is 0 Å². The summed E-state index contributed by atoms with van der Waals surface area (Å²) in [6.07, 6.45) is -2.14. The van der Waals surface area contributed by atoms with E-state index in [-0.39, 0.29) is 18.4 Å². The number of aliphatic carboxylic acids is 1. The minimum atomic E-state index is -4.69. The second kappa shape index (κ2) is 5.07. The second-order valence-corrected chi connectivity index (χ2v) is 5.17. The average Bonchev–Trinajstić information content (AvgIpc) is 2.37. The van der Waals surface area contributed by atoms with Gasteiger partial charge >= 0.3 is 12.1 Å². The van der Waals surface area contributed by atoms with Crippen LogP contribution >= 0.6 is 0 Å². The summed E-state index contributed by atoms with van der Waals surface area (Å²) >= 11 is 0. The van der Waals surface area contributed by atoms with Crippen molar-refractivity contribution in [1.82, 2.24) is 0 Å². The number of benzene rings is 1. The quantitative estimate of drug-likeness (QED) is 0.831. The van der Waals surface area contributed by atoms with Crippen molar-refractivity contribution >= 4 is 5.97 Å². The standard InChI is InChI=1S/C14H14F4O2/c15-11-7-9(6-10(8-11)14(16,17)18)13(12(19)20)4-2-1-3-5-13/h6-8H,1-5H2,(H,19,20). The van der Waals surface area contributed by atoms with Gasteiger partial charge in [0.2, 0.25) is 0 Å². The summed E-state index contributed by atoms with van der Waals surface area (Å²) in [6, 6.07) is 2.07. The van der Waals surface area contributed by atoms with Crippen LogP contribution in [0.1, 0.15) is 43.2 Å². The Morgan fingerprint density at radius 2 is 1.70 bits per heavy atom. The minimum Gasteiger partial charge on any atom is -0.481 e. The molecule has 2 nitrogen and oxygen atoms in total. The van der Waals surface area contributed by atoms with E-state index in [1.165, 1.54) is 0 Å². The third kappa shape index (κ3) is 2.64. The Kier molecular flexibility index (Phi) is 3.75. The van der Waals surface area contributed by atoms with Crippen molar-refractivity contribution in [3.63, 3.8) is 0 Å². The highest BCUT2D eigenvalue weighted by molar-refractivity contribution is 5.81. The van der Waals surface area contributed by atoms with E-state index in [0.717, 1.165) is 18.6 Å². The molecule has 0 amide bonds. The maximum absolute atomic E-state index is 13.5. The van der Waals surface area contributed by atoms with E-state index in [9.17, 15) is 27.5 Å². The predicted octanol–water partition coefficient (Wildman–Crippen LogP) is 4.13. The molecule has 0 atom stereocenters. The van der Waals surface area contributed by atoms with Gasteiger partial charge < -0.3 is 5.11 Å². The van der Waals surface area contributed by atoms with Crippen molar-refractivity contribution in [3.8, 4) is 0 Å². The summed E-state index contributed by atoms with van der Waals surface area (Å²) in [5.74, 6) is -2.24. The summed E-state index contributed by atoms with van der Waals surface area (Å²) in [4.78, 5) is 11.5. The number of hydrogen-bond acceptors (Lipinski definition) is 1. The Morgan fingerprint density at radius 3 is 2.20 bits per heavy atom. The first-order chi connectivity index (χ1) is 9.25. The molecule has 0 bridgehead atoms. The Bertz CT molecular complexity index is 516. The van der Waals surface area contributed by atoms with Crippen molar-refractivity contribution < 1.29 is 27.5 Å². The van der Waals surface area contributed by atoms with E-state index in [2.05, 4.69) is 0 Å². The fourth-order valence-corrected chi connectivity index (χ4v) is 2.81. The molecule has 1 aliphatic carbocycles. The van der Waals surface area contributed by atoms with Gasteiger partial charge in [-0.1, -0.05) is 19.3 Å². The maximum Gasteiger partial charge on any atom is 0.416 e. The smallest absolute Gasteiger partial charge is 0.416 e. The lowest BCUT2D eigenvalue weighted by molar-refractivity contribution is -0.146. The summed E-state index contributed by atoms with van der Waals surface area (Å²) in [7, 11) is 0. The van der Waals surface area contributed by atoms with Crippen LogP contribution in [-0.4, -0.2) is 11.1 Å². The van der Waals surface area contributed by atoms with Crippen LogP contribution in [0.5, 0.6) is 0 Å². The number of halogens is 4. The van der Waals surface area contributed by atoms with E-state index < -0.39 is 28.9 Å². The van der Waals surface area contributed by atoms with Gasteiger partial charge in [0.05, 0.1) is 11.0 Å². The number of carbonyl (C=O) groups is 1. The van der Waals surface area contributed by atoms with Gasteiger partial charge in [0.25, 0.3) is 0 Å². The van der Waals surface area contributed by atoms with Crippen LogP contribution in [0.2, 0.25) is 0 Å². The van der Waals surface area contributed by atoms with Gasteiger partial charge in [-0.25, -0.2) is 4.39 Å². The van der Waals surface area contributed by atoms with Gasteiger partial charge in [0.15, 0.2) is 0 Å². The molecular formula is C14H14F4O2. The lowest BCUT2D eigenvalue weighted by Crippen LogP contribution is -2.38. The molecule has 110 valence electrons. The highest BCUT2D eigenvalue weighted by atomic mass is 19.4. The Hall–Kier alpha value is -1.59. The summed E-state index contributed by atoms with van der Waals surface area (Å²) in [5.41, 5.74) is -2.63. The van der Waals surface area contributed by atoms with Crippen LogP contribution in [0.3, 0.4) is 0 Å². The van der Waals surface area contributed by atoms with Gasteiger partial charge in [-0.15, -0.1) is 0 Å². The largest absolute Gasteiger partial charge is 0.481 e. The van der Waals surface area contributed by atoms with E-state index in [4.69, 9.17) is 0 Å². The highest BCUT2D eigenvalue weighted by Gasteiger charge is 2.43. The van der Waals surface area contributed by atoms with E-state index >= 15 is 0 Å². The van der Waals surface area contributed by atoms with Gasteiger partial charge in [-0.2, -0.15) is 13.2 Å². The molecule has 1 aromatic carbocycles. The molecule has 0 heterocycles. The first-order valence-corrected chi connectivity index (χ1v) is 6.37. The van der Waals surface area contributed by atoms with Crippen LogP contribution in [0, 0.1) is 5.82 Å². The Balaban J connectivity index is 2.54. The molecule has 0 spiro atoms. The van der Waals surface area contributed by atoms with Crippen molar-refractivity contribution in [2.24, 2.45) is 0 Å². The molecule has 0 unspecified atom stereocenters. The van der Waals surface area contributed by atoms with E-state index in [1.54, 1.807) is 0 Å². The number of alkyl halides is 3. The van der Waals surface area contributed by atoms with Crippen molar-refractivity contribution in [2.75, 3.05) is 0 Å². The van der Waals surface area contributed by atoms with Crippen LogP contribution in [0.15, 0.2) is 18.2 Å². The third-order valence-corrected chi connectivity index (χ3v) is 3.89. The molecule has 1 aromatic rings. The highest BCUT2D eigenvalue weighted by Crippen LogP contribution is 2.42. The van der Waals surface area contributed by atoms with Gasteiger partial charge in [0.1, 0.15) is 5.82 Å². The second-order valence-electron chi connectivity index (χ2n) is 5.17. The van der Waals surface area contributed by atoms with E-state index in [1.807, 2.05) is 0 Å². The Labute approximate surface area is 113 Å². The molecular weight excluding hydrogens is 276 g/mol. The third-order valence-electron chi connectivity index (χ3n) is 3.89. The first kappa shape index (κ1) is 14.8. The minimum absolute atomic E-state index is 0.0861. The van der Waals surface area contributed by atoms with E-state index in [0.29, 0.717) is 18.9 Å². The Morgan fingerprint density at radius 1 is 1.10 bits per heavy atom. The monoisotopic (exact) mass is 290 g/mol. The molecule has 0 radical (unpaired) electrons. The number of hydrogen-bond donors (Lipinski definition) is 1. The average molecular weight is 290 g/mol. The zero-order chi connectivity index (χ0) is 15.0. The molecule has 1 saturated carbocycles. The van der Waals surface area contributed by atoms with Crippen LogP contribution in [0.4, 0.5) is 17.6 Å². The van der Waals surface area contributed by atoms with Crippen molar-refractivity contribution in [1.29, 1.82) is 0 Å². The predicted molar refractivity (Wildman–Crippen MR) is 63.8 cm³/mol. The van der Waals surface area contributed by atoms with Gasteiger partial charge in [0, 0.05) is 0 Å². The molecule has 1 fully saturated rings. The molecule has 0 saturated heterocycles. The lowest BCUT2D eigenvalue weighted by Gasteiger charge is -2.34. The summed E-state index contributed by atoms with van der Waals surface area (Å²) < 4.78 is 51.6. The molecule has 0 aromatic heterocycles. The zero-order valence-electron chi connectivity index (χ0n) is 10.6. The molecule has 1 aliphatic rings. The lowest BCUT2D eigenvalue weighted by atomic mass is 9.69. The van der Waals surface area contributed by atoms with Crippen LogP contribution in [-0.2, 0) is 16.4 Å². The molecule has 20 heavy (non-hydrogen) atoms.